The summed E-state index contributed by atoms with van der Waals surface area (Å²) in [6.07, 6.45) is 1.24. The van der Waals surface area contributed by atoms with Gasteiger partial charge in [-0.1, -0.05) is 47.4 Å². The van der Waals surface area contributed by atoms with Crippen LogP contribution < -0.4 is 5.32 Å². The number of aromatic amines is 1. The third kappa shape index (κ3) is 4.44. The first-order valence-electron chi connectivity index (χ1n) is 9.69. The van der Waals surface area contributed by atoms with Crippen molar-refractivity contribution in [3.05, 3.63) is 59.7 Å². The molecule has 0 saturated carbocycles. The first-order valence-corrected chi connectivity index (χ1v) is 11.5. The standard InChI is InChI=1S/C21H18N6O2S2/c1-12-5-4-8-15-19(12)25-20(31-15)24-17(28)11-30-21-27-26-18(29-21)10-9-16-22-13-6-2-3-7-14(13)23-16/h2-8H,9-11H2,1H3,(H,22,23)(H,24,25,28). The smallest absolute Gasteiger partial charge is 0.277 e. The number of anilines is 1. The van der Waals surface area contributed by atoms with Crippen LogP contribution in [0.25, 0.3) is 21.3 Å². The van der Waals surface area contributed by atoms with Gasteiger partial charge in [0.15, 0.2) is 5.13 Å². The zero-order valence-electron chi connectivity index (χ0n) is 16.6. The molecule has 1 amide bonds. The van der Waals surface area contributed by atoms with Gasteiger partial charge in [0, 0.05) is 12.8 Å². The topological polar surface area (TPSA) is 110 Å². The molecule has 5 aromatic rings. The Bertz CT molecular complexity index is 1340. The molecule has 0 saturated heterocycles. The number of thioether (sulfide) groups is 1. The summed E-state index contributed by atoms with van der Waals surface area (Å²) in [5.41, 5.74) is 3.95. The molecule has 0 aliphatic heterocycles. The molecule has 3 heterocycles. The van der Waals surface area contributed by atoms with E-state index in [1.807, 2.05) is 49.4 Å². The monoisotopic (exact) mass is 450 g/mol. The Balaban J connectivity index is 1.14. The van der Waals surface area contributed by atoms with Crippen molar-refractivity contribution in [2.24, 2.45) is 0 Å². The van der Waals surface area contributed by atoms with E-state index < -0.39 is 0 Å². The van der Waals surface area contributed by atoms with Gasteiger partial charge in [0.2, 0.25) is 11.8 Å². The molecule has 0 aliphatic rings. The summed E-state index contributed by atoms with van der Waals surface area (Å²) in [4.78, 5) is 24.6. The Hall–Kier alpha value is -3.24. The molecular weight excluding hydrogens is 432 g/mol. The van der Waals surface area contributed by atoms with Gasteiger partial charge < -0.3 is 14.7 Å². The van der Waals surface area contributed by atoms with E-state index in [9.17, 15) is 4.79 Å². The highest BCUT2D eigenvalue weighted by atomic mass is 32.2. The van der Waals surface area contributed by atoms with Gasteiger partial charge in [-0.3, -0.25) is 4.79 Å². The van der Waals surface area contributed by atoms with Crippen molar-refractivity contribution >= 4 is 55.4 Å². The van der Waals surface area contributed by atoms with E-state index in [1.54, 1.807) is 0 Å². The summed E-state index contributed by atoms with van der Waals surface area (Å²) in [6.45, 7) is 2.00. The summed E-state index contributed by atoms with van der Waals surface area (Å²) >= 11 is 2.66. The Labute approximate surface area is 185 Å². The molecule has 5 rings (SSSR count). The minimum absolute atomic E-state index is 0.163. The molecule has 0 bridgehead atoms. The number of amides is 1. The van der Waals surface area contributed by atoms with Crippen LogP contribution in [0.1, 0.15) is 17.3 Å². The molecule has 0 radical (unpaired) electrons. The number of carbonyl (C=O) groups excluding carboxylic acids is 1. The van der Waals surface area contributed by atoms with Gasteiger partial charge in [-0.2, -0.15) is 0 Å². The number of nitrogens with zero attached hydrogens (tertiary/aromatic N) is 4. The van der Waals surface area contributed by atoms with E-state index in [2.05, 4.69) is 30.5 Å². The van der Waals surface area contributed by atoms with Crippen LogP contribution in [0.15, 0.2) is 52.1 Å². The van der Waals surface area contributed by atoms with E-state index >= 15 is 0 Å². The SMILES string of the molecule is Cc1cccc2sc(NC(=O)CSc3nnc(CCc4nc5ccccc5[nH]4)o3)nc12. The molecule has 0 fully saturated rings. The highest BCUT2D eigenvalue weighted by molar-refractivity contribution is 7.99. The minimum Gasteiger partial charge on any atom is -0.416 e. The number of aromatic nitrogens is 5. The molecule has 10 heteroatoms. The highest BCUT2D eigenvalue weighted by Gasteiger charge is 2.13. The highest BCUT2D eigenvalue weighted by Crippen LogP contribution is 2.28. The number of rotatable bonds is 7. The minimum atomic E-state index is -0.163. The van der Waals surface area contributed by atoms with Crippen LogP contribution >= 0.6 is 23.1 Å². The van der Waals surface area contributed by atoms with Crippen molar-refractivity contribution in [2.45, 2.75) is 25.0 Å². The molecule has 2 N–H and O–H groups in total. The third-order valence-electron chi connectivity index (χ3n) is 4.66. The first-order chi connectivity index (χ1) is 15.1. The molecule has 31 heavy (non-hydrogen) atoms. The lowest BCUT2D eigenvalue weighted by Crippen LogP contribution is -2.13. The molecule has 3 aromatic heterocycles. The average Bonchev–Trinajstić information content (AvgIpc) is 3.48. The molecular formula is C21H18N6O2S2. The van der Waals surface area contributed by atoms with Gasteiger partial charge in [-0.15, -0.1) is 10.2 Å². The van der Waals surface area contributed by atoms with E-state index in [1.165, 1.54) is 23.1 Å². The number of H-pyrrole nitrogens is 1. The summed E-state index contributed by atoms with van der Waals surface area (Å²) in [5.74, 6) is 1.40. The molecule has 0 spiro atoms. The van der Waals surface area contributed by atoms with Gasteiger partial charge in [0.1, 0.15) is 5.82 Å². The fraction of sp³-hybridized carbons (Fsp3) is 0.190. The predicted molar refractivity (Wildman–Crippen MR) is 122 cm³/mol. The van der Waals surface area contributed by atoms with Crippen molar-refractivity contribution in [3.63, 3.8) is 0 Å². The van der Waals surface area contributed by atoms with Gasteiger partial charge in [0.05, 0.1) is 27.0 Å². The number of para-hydroxylation sites is 3. The number of nitrogens with one attached hydrogen (secondary N) is 2. The fourth-order valence-corrected chi connectivity index (χ4v) is 4.71. The second-order valence-electron chi connectivity index (χ2n) is 6.94. The van der Waals surface area contributed by atoms with Crippen LogP contribution in [0.2, 0.25) is 0 Å². The van der Waals surface area contributed by atoms with E-state index in [-0.39, 0.29) is 11.7 Å². The Kier molecular flexibility index (Phi) is 5.39. The number of thiazole rings is 1. The molecule has 0 atom stereocenters. The summed E-state index contributed by atoms with van der Waals surface area (Å²) in [6, 6.07) is 13.9. The molecule has 156 valence electrons. The van der Waals surface area contributed by atoms with E-state index in [0.717, 1.165) is 32.6 Å². The zero-order chi connectivity index (χ0) is 21.2. The normalized spacial score (nSPS) is 11.4. The Morgan fingerprint density at radius 3 is 2.90 bits per heavy atom. The van der Waals surface area contributed by atoms with E-state index in [0.29, 0.717) is 29.1 Å². The molecule has 2 aromatic carbocycles. The maximum atomic E-state index is 12.3. The number of carbonyl (C=O) groups is 1. The second-order valence-corrected chi connectivity index (χ2v) is 8.90. The van der Waals surface area contributed by atoms with Crippen molar-refractivity contribution in [2.75, 3.05) is 11.1 Å². The van der Waals surface area contributed by atoms with Crippen LogP contribution in [0.5, 0.6) is 0 Å². The second kappa shape index (κ2) is 8.48. The van der Waals surface area contributed by atoms with Crippen LogP contribution in [0.3, 0.4) is 0 Å². The number of benzene rings is 2. The van der Waals surface area contributed by atoms with Gasteiger partial charge in [0.25, 0.3) is 5.22 Å². The lowest BCUT2D eigenvalue weighted by molar-refractivity contribution is -0.113. The maximum absolute atomic E-state index is 12.3. The van der Waals surface area contributed by atoms with Crippen molar-refractivity contribution in [1.82, 2.24) is 25.1 Å². The van der Waals surface area contributed by atoms with Crippen molar-refractivity contribution < 1.29 is 9.21 Å². The molecule has 0 aliphatic carbocycles. The lowest BCUT2D eigenvalue weighted by atomic mass is 10.2. The summed E-state index contributed by atoms with van der Waals surface area (Å²) in [5, 5.41) is 11.9. The number of fused-ring (bicyclic) bond motifs is 2. The maximum Gasteiger partial charge on any atom is 0.277 e. The Morgan fingerprint density at radius 1 is 1.13 bits per heavy atom. The number of hydrogen-bond acceptors (Lipinski definition) is 8. The first kappa shape index (κ1) is 19.7. The van der Waals surface area contributed by atoms with Crippen LogP contribution in [0.4, 0.5) is 5.13 Å². The van der Waals surface area contributed by atoms with Gasteiger partial charge in [-0.05, 0) is 30.7 Å². The fourth-order valence-electron chi connectivity index (χ4n) is 3.17. The molecule has 8 nitrogen and oxygen atoms in total. The zero-order valence-corrected chi connectivity index (χ0v) is 18.2. The van der Waals surface area contributed by atoms with Crippen LogP contribution in [-0.4, -0.2) is 36.8 Å². The van der Waals surface area contributed by atoms with E-state index in [4.69, 9.17) is 4.42 Å². The van der Waals surface area contributed by atoms with Crippen LogP contribution in [-0.2, 0) is 17.6 Å². The van der Waals surface area contributed by atoms with Crippen molar-refractivity contribution in [3.8, 4) is 0 Å². The number of aryl methyl sites for hydroxylation is 3. The largest absolute Gasteiger partial charge is 0.416 e. The van der Waals surface area contributed by atoms with Crippen molar-refractivity contribution in [1.29, 1.82) is 0 Å². The van der Waals surface area contributed by atoms with Gasteiger partial charge in [-0.25, -0.2) is 9.97 Å². The molecule has 0 unspecified atom stereocenters. The number of imidazole rings is 1. The third-order valence-corrected chi connectivity index (χ3v) is 6.41. The number of hydrogen-bond donors (Lipinski definition) is 2. The van der Waals surface area contributed by atoms with Crippen LogP contribution in [0, 0.1) is 6.92 Å². The average molecular weight is 451 g/mol. The predicted octanol–water partition coefficient (Wildman–Crippen LogP) is 4.38. The summed E-state index contributed by atoms with van der Waals surface area (Å²) < 4.78 is 6.70. The quantitative estimate of drug-likeness (QED) is 0.354. The Morgan fingerprint density at radius 2 is 2.03 bits per heavy atom. The lowest BCUT2D eigenvalue weighted by Gasteiger charge is -1.98. The summed E-state index contributed by atoms with van der Waals surface area (Å²) in [7, 11) is 0. The van der Waals surface area contributed by atoms with Gasteiger partial charge >= 0.3 is 0 Å².